The highest BCUT2D eigenvalue weighted by Crippen LogP contribution is 2.12. The predicted octanol–water partition coefficient (Wildman–Crippen LogP) is 1.66. The molecule has 0 saturated heterocycles. The lowest BCUT2D eigenvalue weighted by molar-refractivity contribution is -0.137. The van der Waals surface area contributed by atoms with E-state index in [0.29, 0.717) is 10.8 Å². The number of rotatable bonds is 5. The van der Waals surface area contributed by atoms with Gasteiger partial charge in [0, 0.05) is 12.8 Å². The second kappa shape index (κ2) is 5.87. The molecule has 0 aliphatic heterocycles. The number of hydrogen-bond acceptors (Lipinski definition) is 3. The molecule has 86 valence electrons. The van der Waals surface area contributed by atoms with Crippen molar-refractivity contribution in [3.05, 3.63) is 30.3 Å². The molecule has 0 unspecified atom stereocenters. The second-order valence-electron chi connectivity index (χ2n) is 3.29. The van der Waals surface area contributed by atoms with E-state index in [2.05, 4.69) is 0 Å². The number of amides is 1. The molecule has 0 fully saturated rings. The SMILES string of the molecule is O=C(O)CCCC(=O)N(O)c1ccccc1. The van der Waals surface area contributed by atoms with Crippen molar-refractivity contribution < 1.29 is 19.9 Å². The Morgan fingerprint density at radius 1 is 1.12 bits per heavy atom. The fourth-order valence-electron chi connectivity index (χ4n) is 1.21. The van der Waals surface area contributed by atoms with Gasteiger partial charge in [0.15, 0.2) is 0 Å². The van der Waals surface area contributed by atoms with Gasteiger partial charge in [0.05, 0.1) is 5.69 Å². The van der Waals surface area contributed by atoms with Crippen molar-refractivity contribution in [3.8, 4) is 0 Å². The first kappa shape index (κ1) is 12.2. The fraction of sp³-hybridized carbons (Fsp3) is 0.273. The first-order valence-electron chi connectivity index (χ1n) is 4.90. The number of carbonyl (C=O) groups excluding carboxylic acids is 1. The summed E-state index contributed by atoms with van der Waals surface area (Å²) in [4.78, 5) is 21.6. The molecule has 2 N–H and O–H groups in total. The molecular formula is C11H13NO4. The van der Waals surface area contributed by atoms with E-state index in [-0.39, 0.29) is 19.3 Å². The van der Waals surface area contributed by atoms with Crippen LogP contribution in [0.25, 0.3) is 0 Å². The van der Waals surface area contributed by atoms with Gasteiger partial charge in [0.1, 0.15) is 0 Å². The maximum absolute atomic E-state index is 11.4. The van der Waals surface area contributed by atoms with Crippen molar-refractivity contribution in [2.24, 2.45) is 0 Å². The highest BCUT2D eigenvalue weighted by molar-refractivity contribution is 5.91. The zero-order valence-corrected chi connectivity index (χ0v) is 8.67. The van der Waals surface area contributed by atoms with Crippen LogP contribution in [-0.4, -0.2) is 22.2 Å². The molecule has 0 bridgehead atoms. The van der Waals surface area contributed by atoms with Crippen LogP contribution in [0.5, 0.6) is 0 Å². The Morgan fingerprint density at radius 2 is 1.75 bits per heavy atom. The lowest BCUT2D eigenvalue weighted by Gasteiger charge is -2.14. The molecule has 0 aliphatic carbocycles. The van der Waals surface area contributed by atoms with Crippen LogP contribution in [0.1, 0.15) is 19.3 Å². The summed E-state index contributed by atoms with van der Waals surface area (Å²) in [6.45, 7) is 0. The lowest BCUT2D eigenvalue weighted by Crippen LogP contribution is -2.26. The lowest BCUT2D eigenvalue weighted by atomic mass is 10.2. The number of carbonyl (C=O) groups is 2. The molecule has 1 rings (SSSR count). The molecular weight excluding hydrogens is 210 g/mol. The molecule has 0 radical (unpaired) electrons. The topological polar surface area (TPSA) is 77.8 Å². The number of carboxylic acid groups (broad SMARTS) is 1. The van der Waals surface area contributed by atoms with Crippen LogP contribution in [-0.2, 0) is 9.59 Å². The van der Waals surface area contributed by atoms with Crippen LogP contribution in [0.4, 0.5) is 5.69 Å². The molecule has 0 saturated carbocycles. The van der Waals surface area contributed by atoms with E-state index in [4.69, 9.17) is 5.11 Å². The molecule has 1 amide bonds. The Balaban J connectivity index is 2.45. The highest BCUT2D eigenvalue weighted by Gasteiger charge is 2.12. The molecule has 0 heterocycles. The van der Waals surface area contributed by atoms with Crippen LogP contribution >= 0.6 is 0 Å². The fourth-order valence-corrected chi connectivity index (χ4v) is 1.21. The summed E-state index contributed by atoms with van der Waals surface area (Å²) < 4.78 is 0. The van der Waals surface area contributed by atoms with Crippen LogP contribution in [0.2, 0.25) is 0 Å². The minimum Gasteiger partial charge on any atom is -0.481 e. The van der Waals surface area contributed by atoms with Gasteiger partial charge >= 0.3 is 5.97 Å². The third-order valence-corrected chi connectivity index (χ3v) is 2.02. The van der Waals surface area contributed by atoms with Crippen molar-refractivity contribution in [2.75, 3.05) is 5.06 Å². The van der Waals surface area contributed by atoms with Crippen LogP contribution < -0.4 is 5.06 Å². The smallest absolute Gasteiger partial charge is 0.303 e. The summed E-state index contributed by atoms with van der Waals surface area (Å²) in [6, 6.07) is 8.35. The third kappa shape index (κ3) is 3.70. The Hall–Kier alpha value is -1.88. The monoisotopic (exact) mass is 223 g/mol. The van der Waals surface area contributed by atoms with Crippen molar-refractivity contribution in [2.45, 2.75) is 19.3 Å². The van der Waals surface area contributed by atoms with E-state index in [1.807, 2.05) is 0 Å². The minimum atomic E-state index is -0.947. The van der Waals surface area contributed by atoms with Crippen molar-refractivity contribution in [1.82, 2.24) is 0 Å². The highest BCUT2D eigenvalue weighted by atomic mass is 16.5. The van der Waals surface area contributed by atoms with Crippen molar-refractivity contribution >= 4 is 17.6 Å². The second-order valence-corrected chi connectivity index (χ2v) is 3.29. The molecule has 5 nitrogen and oxygen atoms in total. The van der Waals surface area contributed by atoms with Gasteiger partial charge in [-0.3, -0.25) is 14.8 Å². The summed E-state index contributed by atoms with van der Waals surface area (Å²) >= 11 is 0. The number of aliphatic carboxylic acids is 1. The normalized spacial score (nSPS) is 9.81. The predicted molar refractivity (Wildman–Crippen MR) is 57.2 cm³/mol. The molecule has 0 atom stereocenters. The van der Waals surface area contributed by atoms with Gasteiger partial charge in [0.25, 0.3) is 5.91 Å². The Bertz CT molecular complexity index is 364. The van der Waals surface area contributed by atoms with E-state index in [0.717, 1.165) is 0 Å². The Labute approximate surface area is 92.9 Å². The average Bonchev–Trinajstić information content (AvgIpc) is 2.28. The van der Waals surface area contributed by atoms with Gasteiger partial charge in [-0.05, 0) is 18.6 Å². The summed E-state index contributed by atoms with van der Waals surface area (Å²) in [5.74, 6) is -1.45. The van der Waals surface area contributed by atoms with Gasteiger partial charge in [0.2, 0.25) is 0 Å². The minimum absolute atomic E-state index is 0.0116. The Morgan fingerprint density at radius 3 is 2.31 bits per heavy atom. The molecule has 1 aromatic carbocycles. The number of nitrogens with zero attached hydrogens (tertiary/aromatic N) is 1. The van der Waals surface area contributed by atoms with Gasteiger partial charge in [-0.1, -0.05) is 18.2 Å². The van der Waals surface area contributed by atoms with Gasteiger partial charge < -0.3 is 5.11 Å². The molecule has 16 heavy (non-hydrogen) atoms. The number of benzene rings is 1. The van der Waals surface area contributed by atoms with Gasteiger partial charge in [-0.15, -0.1) is 0 Å². The molecule has 0 spiro atoms. The van der Waals surface area contributed by atoms with Gasteiger partial charge in [-0.25, -0.2) is 0 Å². The Kier molecular flexibility index (Phi) is 4.47. The number of hydrogen-bond donors (Lipinski definition) is 2. The number of anilines is 1. The zero-order chi connectivity index (χ0) is 12.0. The number of para-hydroxylation sites is 1. The maximum atomic E-state index is 11.4. The maximum Gasteiger partial charge on any atom is 0.303 e. The summed E-state index contributed by atoms with van der Waals surface area (Å²) in [5.41, 5.74) is 0.378. The average molecular weight is 223 g/mol. The molecule has 5 heteroatoms. The summed E-state index contributed by atoms with van der Waals surface area (Å²) in [7, 11) is 0. The number of hydroxylamine groups is 1. The van der Waals surface area contributed by atoms with E-state index in [1.54, 1.807) is 30.3 Å². The molecule has 1 aromatic rings. The molecule has 0 aliphatic rings. The van der Waals surface area contributed by atoms with E-state index in [1.165, 1.54) is 0 Å². The van der Waals surface area contributed by atoms with Crippen molar-refractivity contribution in [1.29, 1.82) is 0 Å². The van der Waals surface area contributed by atoms with Crippen LogP contribution in [0.3, 0.4) is 0 Å². The first-order valence-corrected chi connectivity index (χ1v) is 4.90. The zero-order valence-electron chi connectivity index (χ0n) is 8.67. The van der Waals surface area contributed by atoms with Crippen LogP contribution in [0, 0.1) is 0 Å². The summed E-state index contributed by atoms with van der Waals surface area (Å²) in [6.07, 6.45) is 0.157. The third-order valence-electron chi connectivity index (χ3n) is 2.02. The standard InChI is InChI=1S/C11H13NO4/c13-10(7-4-8-11(14)15)12(16)9-5-2-1-3-6-9/h1-3,5-6,16H,4,7-8H2,(H,14,15). The van der Waals surface area contributed by atoms with E-state index >= 15 is 0 Å². The van der Waals surface area contributed by atoms with E-state index in [9.17, 15) is 14.8 Å². The molecule has 0 aromatic heterocycles. The quantitative estimate of drug-likeness (QED) is 0.587. The van der Waals surface area contributed by atoms with Gasteiger partial charge in [-0.2, -0.15) is 5.06 Å². The largest absolute Gasteiger partial charge is 0.481 e. The number of carboxylic acids is 1. The van der Waals surface area contributed by atoms with Crippen LogP contribution in [0.15, 0.2) is 30.3 Å². The first-order chi connectivity index (χ1) is 7.61. The van der Waals surface area contributed by atoms with E-state index < -0.39 is 11.9 Å². The summed E-state index contributed by atoms with van der Waals surface area (Å²) in [5, 5.41) is 18.4. The van der Waals surface area contributed by atoms with Crippen molar-refractivity contribution in [3.63, 3.8) is 0 Å².